The highest BCUT2D eigenvalue weighted by Crippen LogP contribution is 2.13. The largest absolute Gasteiger partial charge is 0.228 e. The first-order valence-electron chi connectivity index (χ1n) is 3.54. The summed E-state index contributed by atoms with van der Waals surface area (Å²) in [4.78, 5) is 0. The lowest BCUT2D eigenvalue weighted by Crippen LogP contribution is -2.04. The van der Waals surface area contributed by atoms with Gasteiger partial charge in [-0.2, -0.15) is 0 Å². The van der Waals surface area contributed by atoms with Gasteiger partial charge in [-0.25, -0.2) is 8.42 Å². The summed E-state index contributed by atoms with van der Waals surface area (Å²) in [5, 5.41) is 0.621. The molecule has 0 spiro atoms. The van der Waals surface area contributed by atoms with Crippen molar-refractivity contribution in [3.63, 3.8) is 0 Å². The van der Waals surface area contributed by atoms with Gasteiger partial charge >= 0.3 is 0 Å². The molecule has 0 bridgehead atoms. The molecule has 13 heavy (non-hydrogen) atoms. The second kappa shape index (κ2) is 4.61. The molecule has 72 valence electrons. The van der Waals surface area contributed by atoms with Gasteiger partial charge in [0.1, 0.15) is 3.76 Å². The second-order valence-electron chi connectivity index (χ2n) is 2.62. The number of rotatable bonds is 3. The van der Waals surface area contributed by atoms with Gasteiger partial charge in [-0.3, -0.25) is 0 Å². The molecule has 0 amide bonds. The van der Waals surface area contributed by atoms with Gasteiger partial charge in [0.2, 0.25) is 0 Å². The lowest BCUT2D eigenvalue weighted by molar-refractivity contribution is 0.600. The Kier molecular flexibility index (Phi) is 4.00. The van der Waals surface area contributed by atoms with E-state index in [2.05, 4.69) is 0 Å². The Morgan fingerprint density at radius 3 is 2.23 bits per heavy atom. The summed E-state index contributed by atoms with van der Waals surface area (Å²) < 4.78 is 22.6. The topological polar surface area (TPSA) is 34.1 Å². The highest BCUT2D eigenvalue weighted by atomic mass is 127. The van der Waals surface area contributed by atoms with Crippen molar-refractivity contribution in [2.75, 3.05) is 3.76 Å². The molecular formula is C8H8ClIO2S. The summed E-state index contributed by atoms with van der Waals surface area (Å²) in [5.74, 6) is 0.0904. The number of hydrogen-bond donors (Lipinski definition) is 0. The monoisotopic (exact) mass is 330 g/mol. The Hall–Kier alpha value is 0.190. The SMILES string of the molecule is O=S(=O)(CI)Cc1ccc(Cl)cc1. The molecule has 0 unspecified atom stereocenters. The van der Waals surface area contributed by atoms with E-state index in [1.54, 1.807) is 24.3 Å². The van der Waals surface area contributed by atoms with Crippen LogP contribution in [0.5, 0.6) is 0 Å². The summed E-state index contributed by atoms with van der Waals surface area (Å²) >= 11 is 7.52. The van der Waals surface area contributed by atoms with Gasteiger partial charge in [-0.05, 0) is 17.7 Å². The molecule has 1 aromatic rings. The van der Waals surface area contributed by atoms with Crippen LogP contribution in [-0.4, -0.2) is 12.2 Å². The Morgan fingerprint density at radius 1 is 1.23 bits per heavy atom. The average Bonchev–Trinajstić information content (AvgIpc) is 2.09. The molecule has 0 N–H and O–H groups in total. The van der Waals surface area contributed by atoms with E-state index in [1.165, 1.54) is 0 Å². The summed E-state index contributed by atoms with van der Waals surface area (Å²) in [7, 11) is -2.94. The van der Waals surface area contributed by atoms with Crippen LogP contribution in [-0.2, 0) is 15.6 Å². The van der Waals surface area contributed by atoms with Crippen molar-refractivity contribution in [3.05, 3.63) is 34.9 Å². The van der Waals surface area contributed by atoms with Gasteiger partial charge in [0.25, 0.3) is 0 Å². The molecule has 0 aliphatic heterocycles. The minimum Gasteiger partial charge on any atom is -0.228 e. The maximum Gasteiger partial charge on any atom is 0.163 e. The molecule has 0 atom stereocenters. The second-order valence-corrected chi connectivity index (χ2v) is 6.92. The summed E-state index contributed by atoms with van der Waals surface area (Å²) in [6.07, 6.45) is 0. The van der Waals surface area contributed by atoms with Crippen molar-refractivity contribution in [1.29, 1.82) is 0 Å². The van der Waals surface area contributed by atoms with Gasteiger partial charge in [-0.15, -0.1) is 0 Å². The lowest BCUT2D eigenvalue weighted by Gasteiger charge is -2.00. The fourth-order valence-electron chi connectivity index (χ4n) is 0.873. The molecule has 1 aromatic carbocycles. The predicted octanol–water partition coefficient (Wildman–Crippen LogP) is 2.65. The smallest absolute Gasteiger partial charge is 0.163 e. The third-order valence-corrected chi connectivity index (χ3v) is 5.67. The molecule has 2 nitrogen and oxygen atoms in total. The minimum atomic E-state index is -2.94. The van der Waals surface area contributed by atoms with Crippen molar-refractivity contribution in [1.82, 2.24) is 0 Å². The molecular weight excluding hydrogens is 323 g/mol. The van der Waals surface area contributed by atoms with Crippen LogP contribution in [0.15, 0.2) is 24.3 Å². The van der Waals surface area contributed by atoms with E-state index in [4.69, 9.17) is 11.6 Å². The van der Waals surface area contributed by atoms with Crippen molar-refractivity contribution >= 4 is 44.0 Å². The fraction of sp³-hybridized carbons (Fsp3) is 0.250. The number of alkyl halides is 1. The highest BCUT2D eigenvalue weighted by molar-refractivity contribution is 14.1. The zero-order chi connectivity index (χ0) is 9.90. The first-order chi connectivity index (χ1) is 6.03. The van der Waals surface area contributed by atoms with Crippen LogP contribution in [0.4, 0.5) is 0 Å². The van der Waals surface area contributed by atoms with E-state index in [-0.39, 0.29) is 9.51 Å². The fourth-order valence-corrected chi connectivity index (χ4v) is 2.44. The standard InChI is InChI=1S/C8H8ClIO2S/c9-8-3-1-7(2-4-8)5-13(11,12)6-10/h1-4H,5-6H2. The van der Waals surface area contributed by atoms with Crippen molar-refractivity contribution in [3.8, 4) is 0 Å². The van der Waals surface area contributed by atoms with Crippen LogP contribution in [0.1, 0.15) is 5.56 Å². The zero-order valence-corrected chi connectivity index (χ0v) is 10.4. The van der Waals surface area contributed by atoms with Crippen molar-refractivity contribution in [2.45, 2.75) is 5.75 Å². The predicted molar refractivity (Wildman–Crippen MR) is 63.0 cm³/mol. The molecule has 0 saturated heterocycles. The third kappa shape index (κ3) is 3.83. The molecule has 0 aliphatic rings. The van der Waals surface area contributed by atoms with Gasteiger partial charge < -0.3 is 0 Å². The minimum absolute atomic E-state index is 0.0904. The number of benzene rings is 1. The van der Waals surface area contributed by atoms with E-state index < -0.39 is 9.84 Å². The zero-order valence-electron chi connectivity index (χ0n) is 6.70. The third-order valence-electron chi connectivity index (χ3n) is 1.47. The molecule has 5 heteroatoms. The first-order valence-corrected chi connectivity index (χ1v) is 7.27. The summed E-state index contributed by atoms with van der Waals surface area (Å²) in [6, 6.07) is 6.84. The lowest BCUT2D eigenvalue weighted by atomic mass is 10.2. The number of sulfone groups is 1. The van der Waals surface area contributed by atoms with Crippen LogP contribution >= 0.6 is 34.2 Å². The van der Waals surface area contributed by atoms with Gasteiger partial charge in [-0.1, -0.05) is 46.3 Å². The van der Waals surface area contributed by atoms with Gasteiger partial charge in [0.05, 0.1) is 5.75 Å². The summed E-state index contributed by atoms with van der Waals surface area (Å²) in [6.45, 7) is 0. The van der Waals surface area contributed by atoms with Crippen LogP contribution in [0, 0.1) is 0 Å². The first kappa shape index (κ1) is 11.3. The maximum atomic E-state index is 11.2. The highest BCUT2D eigenvalue weighted by Gasteiger charge is 2.08. The van der Waals surface area contributed by atoms with Gasteiger partial charge in [0, 0.05) is 5.02 Å². The molecule has 1 rings (SSSR count). The van der Waals surface area contributed by atoms with Crippen LogP contribution in [0.25, 0.3) is 0 Å². The Balaban J connectivity index is 2.82. The van der Waals surface area contributed by atoms with Crippen LogP contribution < -0.4 is 0 Å². The average molecular weight is 331 g/mol. The Labute approximate surface area is 96.4 Å². The molecule has 0 aromatic heterocycles. The Bertz CT molecular complexity index is 372. The molecule has 0 fully saturated rings. The molecule has 0 saturated carbocycles. The summed E-state index contributed by atoms with van der Waals surface area (Å²) in [5.41, 5.74) is 0.779. The van der Waals surface area contributed by atoms with E-state index in [1.807, 2.05) is 22.6 Å². The number of hydrogen-bond acceptors (Lipinski definition) is 2. The maximum absolute atomic E-state index is 11.2. The van der Waals surface area contributed by atoms with Crippen molar-refractivity contribution in [2.24, 2.45) is 0 Å². The normalized spacial score (nSPS) is 11.5. The van der Waals surface area contributed by atoms with E-state index >= 15 is 0 Å². The molecule has 0 radical (unpaired) electrons. The van der Waals surface area contributed by atoms with E-state index in [0.29, 0.717) is 5.02 Å². The van der Waals surface area contributed by atoms with Crippen LogP contribution in [0.2, 0.25) is 5.02 Å². The molecule has 0 heterocycles. The van der Waals surface area contributed by atoms with Gasteiger partial charge in [0.15, 0.2) is 9.84 Å². The van der Waals surface area contributed by atoms with Crippen LogP contribution in [0.3, 0.4) is 0 Å². The quantitative estimate of drug-likeness (QED) is 0.631. The Morgan fingerprint density at radius 2 is 1.77 bits per heavy atom. The van der Waals surface area contributed by atoms with E-state index in [0.717, 1.165) is 5.56 Å². The van der Waals surface area contributed by atoms with Crippen molar-refractivity contribution < 1.29 is 8.42 Å². The molecule has 0 aliphatic carbocycles. The number of halogens is 2. The van der Waals surface area contributed by atoms with E-state index in [9.17, 15) is 8.42 Å².